The molecule has 0 aliphatic rings. The third-order valence-electron chi connectivity index (χ3n) is 3.78. The minimum Gasteiger partial charge on any atom is -0.330 e. The van der Waals surface area contributed by atoms with Crippen molar-refractivity contribution in [3.63, 3.8) is 0 Å². The van der Waals surface area contributed by atoms with Gasteiger partial charge >= 0.3 is 0 Å². The van der Waals surface area contributed by atoms with Gasteiger partial charge in [-0.1, -0.05) is 52.4 Å². The van der Waals surface area contributed by atoms with Crippen molar-refractivity contribution in [3.8, 4) is 0 Å². The summed E-state index contributed by atoms with van der Waals surface area (Å²) in [6, 6.07) is 11.8. The Morgan fingerprint density at radius 2 is 1.97 bits per heavy atom. The molecule has 8 nitrogen and oxygen atoms in total. The molecule has 0 fully saturated rings. The summed E-state index contributed by atoms with van der Waals surface area (Å²) in [5.74, 6) is -0.297. The number of nitro benzene ring substituents is 1. The minimum absolute atomic E-state index is 0.102. The Morgan fingerprint density at radius 3 is 2.62 bits per heavy atom. The number of rotatable bonds is 7. The van der Waals surface area contributed by atoms with Crippen LogP contribution in [0.1, 0.15) is 12.5 Å². The van der Waals surface area contributed by atoms with Gasteiger partial charge in [-0.2, -0.15) is 0 Å². The van der Waals surface area contributed by atoms with Gasteiger partial charge in [0.05, 0.1) is 20.9 Å². The molecule has 1 amide bonds. The quantitative estimate of drug-likeness (QED) is 0.287. The Balaban J connectivity index is 1.59. The van der Waals surface area contributed by atoms with Gasteiger partial charge in [-0.25, -0.2) is 0 Å². The molecular weight excluding hydrogens is 434 g/mol. The number of carbonyl (C=O) groups excluding carboxylic acids is 1. The number of nitrogens with one attached hydrogen (secondary N) is 2. The maximum Gasteiger partial charge on any atom is 0.271 e. The van der Waals surface area contributed by atoms with E-state index in [0.29, 0.717) is 15.2 Å². The number of halogens is 1. The molecule has 0 aliphatic carbocycles. The molecule has 3 rings (SSSR count). The predicted octanol–water partition coefficient (Wildman–Crippen LogP) is 5.27. The van der Waals surface area contributed by atoms with E-state index in [0.717, 1.165) is 11.3 Å². The van der Waals surface area contributed by atoms with E-state index in [1.165, 1.54) is 41.3 Å². The first-order chi connectivity index (χ1) is 13.8. The largest absolute Gasteiger partial charge is 0.330 e. The van der Waals surface area contributed by atoms with Crippen molar-refractivity contribution in [2.24, 2.45) is 0 Å². The van der Waals surface area contributed by atoms with Crippen LogP contribution in [0.4, 0.5) is 22.2 Å². The lowest BCUT2D eigenvalue weighted by atomic mass is 10.2. The summed E-state index contributed by atoms with van der Waals surface area (Å²) < 4.78 is 0.636. The first kappa shape index (κ1) is 21.0. The van der Waals surface area contributed by atoms with Crippen LogP contribution in [0.15, 0.2) is 46.8 Å². The first-order valence-electron chi connectivity index (χ1n) is 8.40. The van der Waals surface area contributed by atoms with Gasteiger partial charge in [-0.3, -0.25) is 14.9 Å². The highest BCUT2D eigenvalue weighted by Crippen LogP contribution is 2.32. The van der Waals surface area contributed by atoms with Gasteiger partial charge in [0.25, 0.3) is 5.69 Å². The van der Waals surface area contributed by atoms with Gasteiger partial charge in [0.2, 0.25) is 11.0 Å². The molecule has 1 atom stereocenters. The van der Waals surface area contributed by atoms with Crippen LogP contribution in [0, 0.1) is 17.0 Å². The molecule has 2 aromatic carbocycles. The zero-order chi connectivity index (χ0) is 21.0. The molecule has 0 radical (unpaired) electrons. The summed E-state index contributed by atoms with van der Waals surface area (Å²) in [6.07, 6.45) is 0. The molecule has 11 heteroatoms. The molecule has 0 bridgehead atoms. The van der Waals surface area contributed by atoms with Crippen LogP contribution in [-0.4, -0.2) is 26.3 Å². The Morgan fingerprint density at radius 1 is 1.24 bits per heavy atom. The Bertz CT molecular complexity index is 1040. The lowest BCUT2D eigenvalue weighted by molar-refractivity contribution is -0.384. The summed E-state index contributed by atoms with van der Waals surface area (Å²) in [6.45, 7) is 3.74. The number of nitro groups is 1. The van der Waals surface area contributed by atoms with Crippen LogP contribution in [0.3, 0.4) is 0 Å². The highest BCUT2D eigenvalue weighted by Gasteiger charge is 2.19. The van der Waals surface area contributed by atoms with Gasteiger partial charge in [0, 0.05) is 17.8 Å². The average Bonchev–Trinajstić information content (AvgIpc) is 3.11. The molecule has 2 N–H and O–H groups in total. The first-order valence-corrected chi connectivity index (χ1v) is 10.5. The summed E-state index contributed by atoms with van der Waals surface area (Å²) in [5, 5.41) is 25.1. The van der Waals surface area contributed by atoms with Crippen molar-refractivity contribution in [3.05, 3.63) is 63.2 Å². The number of thioether (sulfide) groups is 1. The third-order valence-corrected chi connectivity index (χ3v) is 6.11. The molecule has 0 aliphatic heterocycles. The van der Waals surface area contributed by atoms with Crippen LogP contribution in [0.25, 0.3) is 0 Å². The van der Waals surface area contributed by atoms with Gasteiger partial charge < -0.3 is 10.6 Å². The second-order valence-corrected chi connectivity index (χ2v) is 9.01. The molecule has 0 saturated heterocycles. The van der Waals surface area contributed by atoms with Crippen LogP contribution in [-0.2, 0) is 4.79 Å². The maximum atomic E-state index is 12.4. The lowest BCUT2D eigenvalue weighted by Crippen LogP contribution is -2.22. The van der Waals surface area contributed by atoms with Gasteiger partial charge in [-0.15, -0.1) is 10.2 Å². The fourth-order valence-electron chi connectivity index (χ4n) is 2.23. The number of hydrogen-bond donors (Lipinski definition) is 2. The highest BCUT2D eigenvalue weighted by molar-refractivity contribution is 8.02. The third kappa shape index (κ3) is 5.66. The smallest absolute Gasteiger partial charge is 0.271 e. The normalized spacial score (nSPS) is 11.7. The van der Waals surface area contributed by atoms with Gasteiger partial charge in [-0.05, 0) is 32.0 Å². The summed E-state index contributed by atoms with van der Waals surface area (Å²) >= 11 is 8.62. The molecule has 1 aromatic heterocycles. The van der Waals surface area contributed by atoms with E-state index in [2.05, 4.69) is 20.8 Å². The number of aromatic nitrogens is 2. The monoisotopic (exact) mass is 449 g/mol. The number of anilines is 3. The molecule has 150 valence electrons. The van der Waals surface area contributed by atoms with Crippen molar-refractivity contribution in [2.75, 3.05) is 10.6 Å². The molecule has 3 aromatic rings. The lowest BCUT2D eigenvalue weighted by Gasteiger charge is -2.11. The van der Waals surface area contributed by atoms with Crippen LogP contribution in [0.5, 0.6) is 0 Å². The van der Waals surface area contributed by atoms with E-state index >= 15 is 0 Å². The number of hydrogen-bond acceptors (Lipinski definition) is 8. The Hall–Kier alpha value is -2.69. The van der Waals surface area contributed by atoms with Crippen molar-refractivity contribution >= 4 is 62.8 Å². The Kier molecular flexibility index (Phi) is 6.68. The fourth-order valence-corrected chi connectivity index (χ4v) is 4.36. The number of non-ortho nitro benzene ring substituents is 1. The number of aryl methyl sites for hydroxylation is 1. The predicted molar refractivity (Wildman–Crippen MR) is 116 cm³/mol. The summed E-state index contributed by atoms with van der Waals surface area (Å²) in [7, 11) is 0. The topological polar surface area (TPSA) is 110 Å². The van der Waals surface area contributed by atoms with Crippen molar-refractivity contribution in [1.82, 2.24) is 10.2 Å². The number of benzene rings is 2. The van der Waals surface area contributed by atoms with Gasteiger partial charge in [0.15, 0.2) is 4.34 Å². The minimum atomic E-state index is -0.548. The maximum absolute atomic E-state index is 12.4. The van der Waals surface area contributed by atoms with E-state index in [-0.39, 0.29) is 16.6 Å². The molecule has 0 saturated carbocycles. The molecular formula is C18H16ClN5O3S2. The summed E-state index contributed by atoms with van der Waals surface area (Å²) in [4.78, 5) is 22.7. The molecule has 0 spiro atoms. The number of nitrogens with zero attached hydrogens (tertiary/aromatic N) is 3. The van der Waals surface area contributed by atoms with Crippen LogP contribution in [0.2, 0.25) is 5.02 Å². The zero-order valence-corrected chi connectivity index (χ0v) is 17.8. The fraction of sp³-hybridized carbons (Fsp3) is 0.167. The zero-order valence-electron chi connectivity index (χ0n) is 15.4. The van der Waals surface area contributed by atoms with E-state index < -0.39 is 10.2 Å². The highest BCUT2D eigenvalue weighted by atomic mass is 35.5. The van der Waals surface area contributed by atoms with Crippen LogP contribution >= 0.6 is 34.7 Å². The van der Waals surface area contributed by atoms with Gasteiger partial charge in [0.1, 0.15) is 0 Å². The van der Waals surface area contributed by atoms with Crippen molar-refractivity contribution < 1.29 is 9.72 Å². The SMILES string of the molecule is Cc1ccc(Nc2nnc(SC(C)C(=O)Nc3ccc([N+](=O)[O-])cc3Cl)s2)cc1. The second-order valence-electron chi connectivity index (χ2n) is 6.03. The number of amides is 1. The van der Waals surface area contributed by atoms with Crippen molar-refractivity contribution in [1.29, 1.82) is 0 Å². The molecule has 1 unspecified atom stereocenters. The second kappa shape index (κ2) is 9.21. The van der Waals surface area contributed by atoms with E-state index in [9.17, 15) is 14.9 Å². The Labute approximate surface area is 179 Å². The van der Waals surface area contributed by atoms with E-state index in [4.69, 9.17) is 11.6 Å². The molecule has 29 heavy (non-hydrogen) atoms. The summed E-state index contributed by atoms with van der Waals surface area (Å²) in [5.41, 5.74) is 2.24. The average molecular weight is 450 g/mol. The van der Waals surface area contributed by atoms with E-state index in [1.54, 1.807) is 6.92 Å². The standard InChI is InChI=1S/C18H16ClN5O3S2/c1-10-3-5-12(6-4-10)20-17-22-23-18(29-17)28-11(2)16(25)21-15-8-7-13(24(26)27)9-14(15)19/h3-9,11H,1-2H3,(H,20,22)(H,21,25). The van der Waals surface area contributed by atoms with Crippen molar-refractivity contribution in [2.45, 2.75) is 23.4 Å². The number of carbonyl (C=O) groups is 1. The van der Waals surface area contributed by atoms with Crippen LogP contribution < -0.4 is 10.6 Å². The van der Waals surface area contributed by atoms with E-state index in [1.807, 2.05) is 31.2 Å². The molecule has 1 heterocycles.